The number of nitrogens with one attached hydrogen (secondary N) is 1. The molecule has 0 fully saturated rings. The van der Waals surface area contributed by atoms with Crippen LogP contribution in [0, 0.1) is 0 Å². The number of hydrogen-bond donors (Lipinski definition) is 1. The quantitative estimate of drug-likeness (QED) is 0.527. The lowest BCUT2D eigenvalue weighted by Gasteiger charge is -2.22. The Balaban J connectivity index is 1.73. The zero-order chi connectivity index (χ0) is 23.1. The van der Waals surface area contributed by atoms with Gasteiger partial charge in [0.05, 0.1) is 18.5 Å². The van der Waals surface area contributed by atoms with Crippen LogP contribution < -0.4 is 14.4 Å². The Morgan fingerprint density at radius 3 is 2.23 bits per heavy atom. The molecule has 0 spiro atoms. The predicted molar refractivity (Wildman–Crippen MR) is 127 cm³/mol. The molecule has 0 aromatic heterocycles. The summed E-state index contributed by atoms with van der Waals surface area (Å²) in [5, 5.41) is 3.33. The third-order valence-corrected chi connectivity index (χ3v) is 6.14. The zero-order valence-electron chi connectivity index (χ0n) is 18.5. The van der Waals surface area contributed by atoms with Crippen LogP contribution >= 0.6 is 11.6 Å². The molecule has 170 valence electrons. The molecule has 31 heavy (non-hydrogen) atoms. The molecule has 1 N–H and O–H groups in total. The molecule has 2 aromatic rings. The van der Waals surface area contributed by atoms with Crippen LogP contribution in [-0.2, 0) is 20.2 Å². The fourth-order valence-electron chi connectivity index (χ4n) is 2.98. The van der Waals surface area contributed by atoms with E-state index in [1.165, 1.54) is 9.87 Å². The second kappa shape index (κ2) is 10.9. The van der Waals surface area contributed by atoms with Gasteiger partial charge in [0.25, 0.3) is 0 Å². The molecular weight excluding hydrogens is 436 g/mol. The molecule has 1 amide bonds. The smallest absolute Gasteiger partial charge is 0.232 e. The number of carbonyl (C=O) groups is 1. The van der Waals surface area contributed by atoms with Crippen molar-refractivity contribution in [1.29, 1.82) is 0 Å². The summed E-state index contributed by atoms with van der Waals surface area (Å²) < 4.78 is 31.1. The number of ether oxygens (including phenoxy) is 1. The summed E-state index contributed by atoms with van der Waals surface area (Å²) in [4.78, 5) is 12.1. The SMILES string of the molecule is CC(C)(C)c1ccc(OCCNC(=O)CCCN(c2ccc(Cl)cc2)S(C)(=O)=O)cc1. The van der Waals surface area contributed by atoms with Crippen LogP contribution in [0.3, 0.4) is 0 Å². The molecule has 8 heteroatoms. The minimum atomic E-state index is -3.45. The highest BCUT2D eigenvalue weighted by molar-refractivity contribution is 7.92. The molecule has 0 aliphatic heterocycles. The number of rotatable bonds is 10. The van der Waals surface area contributed by atoms with Crippen molar-refractivity contribution in [3.8, 4) is 5.75 Å². The number of carbonyl (C=O) groups excluding carboxylic acids is 1. The molecular formula is C23H31ClN2O4S. The summed E-state index contributed by atoms with van der Waals surface area (Å²) in [5.41, 5.74) is 1.85. The Morgan fingerprint density at radius 2 is 1.68 bits per heavy atom. The first-order valence-corrected chi connectivity index (χ1v) is 12.4. The van der Waals surface area contributed by atoms with Crippen LogP contribution in [0.1, 0.15) is 39.2 Å². The Labute approximate surface area is 190 Å². The maximum Gasteiger partial charge on any atom is 0.232 e. The van der Waals surface area contributed by atoms with Gasteiger partial charge < -0.3 is 10.1 Å². The highest BCUT2D eigenvalue weighted by atomic mass is 35.5. The summed E-state index contributed by atoms with van der Waals surface area (Å²) >= 11 is 5.87. The summed E-state index contributed by atoms with van der Waals surface area (Å²) in [7, 11) is -3.45. The molecule has 6 nitrogen and oxygen atoms in total. The van der Waals surface area contributed by atoms with E-state index >= 15 is 0 Å². The third kappa shape index (κ3) is 8.42. The number of hydrogen-bond acceptors (Lipinski definition) is 4. The van der Waals surface area contributed by atoms with Gasteiger partial charge in [-0.3, -0.25) is 9.10 Å². The van der Waals surface area contributed by atoms with E-state index in [9.17, 15) is 13.2 Å². The zero-order valence-corrected chi connectivity index (χ0v) is 20.1. The highest BCUT2D eigenvalue weighted by Gasteiger charge is 2.17. The third-order valence-electron chi connectivity index (χ3n) is 4.69. The van der Waals surface area contributed by atoms with Crippen molar-refractivity contribution in [1.82, 2.24) is 5.32 Å². The highest BCUT2D eigenvalue weighted by Crippen LogP contribution is 2.24. The maximum absolute atomic E-state index is 12.1. The topological polar surface area (TPSA) is 75.7 Å². The minimum absolute atomic E-state index is 0.0900. The fourth-order valence-corrected chi connectivity index (χ4v) is 4.07. The standard InChI is InChI=1S/C23H31ClN2O4S/c1-23(2,3)18-7-13-21(14-8-18)30-17-15-25-22(27)6-5-16-26(31(4,28)29)20-11-9-19(24)10-12-20/h7-14H,5-6,15-17H2,1-4H3,(H,25,27). The van der Waals surface area contributed by atoms with Crippen LogP contribution in [0.25, 0.3) is 0 Å². The number of anilines is 1. The van der Waals surface area contributed by atoms with E-state index in [0.717, 1.165) is 12.0 Å². The predicted octanol–water partition coefficient (Wildman–Crippen LogP) is 4.38. The minimum Gasteiger partial charge on any atom is -0.492 e. The average Bonchev–Trinajstić information content (AvgIpc) is 2.68. The van der Waals surface area contributed by atoms with Gasteiger partial charge in [-0.1, -0.05) is 44.5 Å². The van der Waals surface area contributed by atoms with Gasteiger partial charge in [-0.2, -0.15) is 0 Å². The van der Waals surface area contributed by atoms with Gasteiger partial charge in [0.1, 0.15) is 12.4 Å². The lowest BCUT2D eigenvalue weighted by atomic mass is 9.87. The Hall–Kier alpha value is -2.25. The van der Waals surface area contributed by atoms with Gasteiger partial charge >= 0.3 is 0 Å². The van der Waals surface area contributed by atoms with E-state index in [2.05, 4.69) is 26.1 Å². The van der Waals surface area contributed by atoms with E-state index in [-0.39, 0.29) is 24.3 Å². The van der Waals surface area contributed by atoms with Crippen molar-refractivity contribution in [2.75, 3.05) is 30.3 Å². The maximum atomic E-state index is 12.1. The van der Waals surface area contributed by atoms with Gasteiger partial charge in [0.2, 0.25) is 15.9 Å². The number of benzene rings is 2. The second-order valence-corrected chi connectivity index (χ2v) is 10.7. The fraction of sp³-hybridized carbons (Fsp3) is 0.435. The normalized spacial score (nSPS) is 11.8. The van der Waals surface area contributed by atoms with Crippen LogP contribution in [-0.4, -0.2) is 40.3 Å². The summed E-state index contributed by atoms with van der Waals surface area (Å²) in [6, 6.07) is 14.5. The number of halogens is 1. The van der Waals surface area contributed by atoms with E-state index < -0.39 is 10.0 Å². The lowest BCUT2D eigenvalue weighted by Crippen LogP contribution is -2.32. The van der Waals surface area contributed by atoms with Crippen molar-refractivity contribution in [3.05, 3.63) is 59.1 Å². The molecule has 0 aliphatic rings. The molecule has 0 radical (unpaired) electrons. The number of amides is 1. The number of sulfonamides is 1. The molecule has 0 bridgehead atoms. The first kappa shape index (κ1) is 25.0. The molecule has 0 saturated heterocycles. The second-order valence-electron chi connectivity index (χ2n) is 8.39. The van der Waals surface area contributed by atoms with Gasteiger partial charge in [0.15, 0.2) is 0 Å². The van der Waals surface area contributed by atoms with Crippen molar-refractivity contribution in [3.63, 3.8) is 0 Å². The van der Waals surface area contributed by atoms with Gasteiger partial charge in [0, 0.05) is 18.0 Å². The van der Waals surface area contributed by atoms with E-state index in [4.69, 9.17) is 16.3 Å². The lowest BCUT2D eigenvalue weighted by molar-refractivity contribution is -0.121. The molecule has 2 aromatic carbocycles. The number of nitrogens with zero attached hydrogens (tertiary/aromatic N) is 1. The first-order valence-electron chi connectivity index (χ1n) is 10.2. The molecule has 0 saturated carbocycles. The van der Waals surface area contributed by atoms with Crippen molar-refractivity contribution < 1.29 is 17.9 Å². The van der Waals surface area contributed by atoms with Crippen LogP contribution in [0.2, 0.25) is 5.02 Å². The van der Waals surface area contributed by atoms with Crippen LogP contribution in [0.15, 0.2) is 48.5 Å². The summed E-state index contributed by atoms with van der Waals surface area (Å²) in [6.45, 7) is 7.42. The van der Waals surface area contributed by atoms with E-state index in [1.54, 1.807) is 24.3 Å². The van der Waals surface area contributed by atoms with Gasteiger partial charge in [-0.25, -0.2) is 8.42 Å². The van der Waals surface area contributed by atoms with Crippen LogP contribution in [0.5, 0.6) is 5.75 Å². The Kier molecular flexibility index (Phi) is 8.77. The average molecular weight is 467 g/mol. The molecule has 0 atom stereocenters. The monoisotopic (exact) mass is 466 g/mol. The van der Waals surface area contributed by atoms with Gasteiger partial charge in [-0.15, -0.1) is 0 Å². The largest absolute Gasteiger partial charge is 0.492 e. The van der Waals surface area contributed by atoms with E-state index in [1.807, 2.05) is 24.3 Å². The molecule has 0 heterocycles. The molecule has 0 aliphatic carbocycles. The van der Waals surface area contributed by atoms with Crippen molar-refractivity contribution in [2.45, 2.75) is 39.0 Å². The first-order chi connectivity index (χ1) is 14.5. The van der Waals surface area contributed by atoms with Crippen molar-refractivity contribution in [2.24, 2.45) is 0 Å². The summed E-state index contributed by atoms with van der Waals surface area (Å²) in [5.74, 6) is 0.616. The van der Waals surface area contributed by atoms with Crippen LogP contribution in [0.4, 0.5) is 5.69 Å². The van der Waals surface area contributed by atoms with Gasteiger partial charge in [-0.05, 0) is 53.8 Å². The molecule has 0 unspecified atom stereocenters. The van der Waals surface area contributed by atoms with E-state index in [0.29, 0.717) is 30.3 Å². The molecule has 2 rings (SSSR count). The Morgan fingerprint density at radius 1 is 1.06 bits per heavy atom. The summed E-state index contributed by atoms with van der Waals surface area (Å²) in [6.07, 6.45) is 1.77. The Bertz CT molecular complexity index is 953. The van der Waals surface area contributed by atoms with Crippen molar-refractivity contribution >= 4 is 33.2 Å².